The number of amides is 1. The van der Waals surface area contributed by atoms with Crippen molar-refractivity contribution in [3.63, 3.8) is 0 Å². The van der Waals surface area contributed by atoms with Gasteiger partial charge in [0.25, 0.3) is 0 Å². The molecule has 2 rings (SSSR count). The van der Waals surface area contributed by atoms with Crippen LogP contribution in [0.25, 0.3) is 0 Å². The van der Waals surface area contributed by atoms with Gasteiger partial charge in [-0.25, -0.2) is 4.99 Å². The van der Waals surface area contributed by atoms with Crippen molar-refractivity contribution in [1.82, 2.24) is 15.1 Å². The Morgan fingerprint density at radius 1 is 1.35 bits per heavy atom. The lowest BCUT2D eigenvalue weighted by Crippen LogP contribution is -2.43. The molecule has 1 aliphatic heterocycles. The number of likely N-dealkylation sites (tertiary alicyclic amines) is 1. The fourth-order valence-corrected chi connectivity index (χ4v) is 2.88. The van der Waals surface area contributed by atoms with Crippen molar-refractivity contribution in [1.29, 1.82) is 0 Å². The lowest BCUT2D eigenvalue weighted by molar-refractivity contribution is -0.127. The summed E-state index contributed by atoms with van der Waals surface area (Å²) in [5, 5.41) is 3.39. The molecule has 1 atom stereocenters. The van der Waals surface area contributed by atoms with E-state index in [2.05, 4.69) is 41.2 Å². The van der Waals surface area contributed by atoms with E-state index in [1.54, 1.807) is 26.1 Å². The van der Waals surface area contributed by atoms with E-state index in [9.17, 15) is 4.79 Å². The van der Waals surface area contributed by atoms with Crippen molar-refractivity contribution in [2.75, 3.05) is 40.8 Å². The number of hydrogen-bond donors (Lipinski definition) is 1. The third-order valence-corrected chi connectivity index (χ3v) is 4.36. The third kappa shape index (κ3) is 6.34. The molecule has 0 aliphatic carbocycles. The lowest BCUT2D eigenvalue weighted by atomic mass is 9.98. The van der Waals surface area contributed by atoms with Gasteiger partial charge in [-0.15, -0.1) is 24.0 Å². The SMILES string of the molecule is COc1ccc(C2CCN(C(=NCC(=O)N(C)C)NC(C)C)C2)cc1.I. The number of benzene rings is 1. The number of carbonyl (C=O) groups excluding carboxylic acids is 1. The highest BCUT2D eigenvalue weighted by molar-refractivity contribution is 14.0. The largest absolute Gasteiger partial charge is 0.497 e. The molecule has 6 nitrogen and oxygen atoms in total. The molecule has 0 saturated carbocycles. The Bertz CT molecular complexity index is 602. The van der Waals surface area contributed by atoms with E-state index in [1.807, 2.05) is 12.1 Å². The van der Waals surface area contributed by atoms with Crippen LogP contribution in [0.4, 0.5) is 0 Å². The van der Waals surface area contributed by atoms with E-state index >= 15 is 0 Å². The van der Waals surface area contributed by atoms with Gasteiger partial charge >= 0.3 is 0 Å². The van der Waals surface area contributed by atoms with Crippen molar-refractivity contribution in [3.05, 3.63) is 29.8 Å². The molecule has 146 valence electrons. The molecule has 0 bridgehead atoms. The van der Waals surface area contributed by atoms with E-state index in [0.717, 1.165) is 31.2 Å². The predicted octanol–water partition coefficient (Wildman–Crippen LogP) is 2.54. The van der Waals surface area contributed by atoms with Gasteiger partial charge in [0.1, 0.15) is 12.3 Å². The van der Waals surface area contributed by atoms with Gasteiger partial charge in [0, 0.05) is 39.1 Å². The van der Waals surface area contributed by atoms with Gasteiger partial charge < -0.3 is 19.9 Å². The maximum Gasteiger partial charge on any atom is 0.243 e. The molecule has 1 aliphatic rings. The quantitative estimate of drug-likeness (QED) is 0.405. The Labute approximate surface area is 174 Å². The number of halogens is 1. The van der Waals surface area contributed by atoms with E-state index in [0.29, 0.717) is 5.92 Å². The molecule has 0 radical (unpaired) electrons. The van der Waals surface area contributed by atoms with Gasteiger partial charge in [-0.2, -0.15) is 0 Å². The second-order valence-corrected chi connectivity index (χ2v) is 6.93. The molecule has 1 N–H and O–H groups in total. The first-order valence-corrected chi connectivity index (χ1v) is 8.80. The zero-order valence-corrected chi connectivity index (χ0v) is 18.7. The van der Waals surface area contributed by atoms with Crippen molar-refractivity contribution in [2.45, 2.75) is 32.2 Å². The van der Waals surface area contributed by atoms with Crippen molar-refractivity contribution in [3.8, 4) is 5.75 Å². The Kier molecular flexibility index (Phi) is 9.18. The van der Waals surface area contributed by atoms with Crippen LogP contribution in [-0.2, 0) is 4.79 Å². The summed E-state index contributed by atoms with van der Waals surface area (Å²) in [6.07, 6.45) is 1.08. The minimum atomic E-state index is 0. The Balaban J connectivity index is 0.00000338. The summed E-state index contributed by atoms with van der Waals surface area (Å²) in [5.41, 5.74) is 1.32. The molecule has 1 unspecified atom stereocenters. The zero-order valence-electron chi connectivity index (χ0n) is 16.4. The van der Waals surface area contributed by atoms with Crippen LogP contribution in [0.15, 0.2) is 29.3 Å². The van der Waals surface area contributed by atoms with Crippen LogP contribution in [-0.4, -0.2) is 68.5 Å². The minimum absolute atomic E-state index is 0. The third-order valence-electron chi connectivity index (χ3n) is 4.36. The van der Waals surface area contributed by atoms with Gasteiger partial charge in [0.05, 0.1) is 7.11 Å². The van der Waals surface area contributed by atoms with E-state index in [1.165, 1.54) is 5.56 Å². The second-order valence-electron chi connectivity index (χ2n) is 6.93. The summed E-state index contributed by atoms with van der Waals surface area (Å²) < 4.78 is 5.23. The summed E-state index contributed by atoms with van der Waals surface area (Å²) >= 11 is 0. The summed E-state index contributed by atoms with van der Waals surface area (Å²) in [5.74, 6) is 2.18. The van der Waals surface area contributed by atoms with Crippen LogP contribution in [0.1, 0.15) is 31.7 Å². The van der Waals surface area contributed by atoms with Gasteiger partial charge in [-0.1, -0.05) is 12.1 Å². The maximum atomic E-state index is 11.9. The molecule has 1 amide bonds. The number of nitrogens with one attached hydrogen (secondary N) is 1. The van der Waals surface area contributed by atoms with E-state index < -0.39 is 0 Å². The molecule has 26 heavy (non-hydrogen) atoms. The maximum absolute atomic E-state index is 11.9. The Hall–Kier alpha value is -1.51. The zero-order chi connectivity index (χ0) is 18.4. The average Bonchev–Trinajstić information content (AvgIpc) is 3.07. The molecule has 1 aromatic rings. The van der Waals surface area contributed by atoms with Crippen LogP contribution in [0.3, 0.4) is 0 Å². The van der Waals surface area contributed by atoms with E-state index in [4.69, 9.17) is 4.74 Å². The first kappa shape index (κ1) is 22.5. The highest BCUT2D eigenvalue weighted by Gasteiger charge is 2.26. The number of likely N-dealkylation sites (N-methyl/N-ethyl adjacent to an activating group) is 1. The van der Waals surface area contributed by atoms with Gasteiger partial charge in [-0.05, 0) is 38.0 Å². The molecule has 7 heteroatoms. The van der Waals surface area contributed by atoms with Crippen molar-refractivity contribution < 1.29 is 9.53 Å². The molecule has 0 spiro atoms. The van der Waals surface area contributed by atoms with Gasteiger partial charge in [0.2, 0.25) is 5.91 Å². The van der Waals surface area contributed by atoms with Crippen molar-refractivity contribution in [2.24, 2.45) is 4.99 Å². The normalized spacial score (nSPS) is 17.1. The summed E-state index contributed by atoms with van der Waals surface area (Å²) in [7, 11) is 5.19. The number of guanidine groups is 1. The lowest BCUT2D eigenvalue weighted by Gasteiger charge is -2.24. The molecule has 1 fully saturated rings. The van der Waals surface area contributed by atoms with Gasteiger partial charge in [0.15, 0.2) is 5.96 Å². The fraction of sp³-hybridized carbons (Fsp3) is 0.579. The molecule has 1 saturated heterocycles. The Morgan fingerprint density at radius 3 is 2.54 bits per heavy atom. The number of methoxy groups -OCH3 is 1. The standard InChI is InChI=1S/C19H30N4O2.HI/c1-14(2)21-19(20-12-18(24)22(3)4)23-11-10-16(13-23)15-6-8-17(25-5)9-7-15;/h6-9,14,16H,10-13H2,1-5H3,(H,20,21);1H. The second kappa shape index (κ2) is 10.6. The summed E-state index contributed by atoms with van der Waals surface area (Å²) in [6, 6.07) is 8.56. The first-order chi connectivity index (χ1) is 11.9. The van der Waals surface area contributed by atoms with E-state index in [-0.39, 0.29) is 42.5 Å². The number of aliphatic imine (C=N–C) groups is 1. The number of carbonyl (C=O) groups is 1. The Morgan fingerprint density at radius 2 is 2.00 bits per heavy atom. The number of hydrogen-bond acceptors (Lipinski definition) is 3. The highest BCUT2D eigenvalue weighted by Crippen LogP contribution is 2.28. The summed E-state index contributed by atoms with van der Waals surface area (Å²) in [4.78, 5) is 20.2. The highest BCUT2D eigenvalue weighted by atomic mass is 127. The summed E-state index contributed by atoms with van der Waals surface area (Å²) in [6.45, 7) is 6.18. The van der Waals surface area contributed by atoms with Gasteiger partial charge in [-0.3, -0.25) is 4.79 Å². The van der Waals surface area contributed by atoms with Crippen LogP contribution < -0.4 is 10.1 Å². The minimum Gasteiger partial charge on any atom is -0.497 e. The van der Waals surface area contributed by atoms with Crippen LogP contribution in [0, 0.1) is 0 Å². The molecule has 1 aromatic carbocycles. The number of nitrogens with zero attached hydrogens (tertiary/aromatic N) is 3. The average molecular weight is 474 g/mol. The van der Waals surface area contributed by atoms with Crippen LogP contribution >= 0.6 is 24.0 Å². The van der Waals surface area contributed by atoms with Crippen LogP contribution in [0.2, 0.25) is 0 Å². The first-order valence-electron chi connectivity index (χ1n) is 8.80. The smallest absolute Gasteiger partial charge is 0.243 e. The molecular weight excluding hydrogens is 443 g/mol. The number of rotatable bonds is 5. The van der Waals surface area contributed by atoms with Crippen LogP contribution in [0.5, 0.6) is 5.75 Å². The molecule has 0 aromatic heterocycles. The van der Waals surface area contributed by atoms with Crippen molar-refractivity contribution >= 4 is 35.8 Å². The topological polar surface area (TPSA) is 57.2 Å². The predicted molar refractivity (Wildman–Crippen MR) is 117 cm³/mol. The fourth-order valence-electron chi connectivity index (χ4n) is 2.88. The molecular formula is C19H31IN4O2. The number of ether oxygens (including phenoxy) is 1. The monoisotopic (exact) mass is 474 g/mol. The molecule has 1 heterocycles.